The monoisotopic (exact) mass is 347 g/mol. The summed E-state index contributed by atoms with van der Waals surface area (Å²) in [5, 5.41) is 12.6. The van der Waals surface area contributed by atoms with Crippen molar-refractivity contribution < 1.29 is 9.90 Å². The van der Waals surface area contributed by atoms with Gasteiger partial charge < -0.3 is 15.0 Å². The molecule has 0 spiro atoms. The molecule has 0 bridgehead atoms. The molecule has 1 fully saturated rings. The molecular weight excluding hydrogens is 330 g/mol. The minimum atomic E-state index is -0.475. The van der Waals surface area contributed by atoms with E-state index in [-0.39, 0.29) is 12.5 Å². The van der Waals surface area contributed by atoms with Crippen molar-refractivity contribution in [2.24, 2.45) is 0 Å². The van der Waals surface area contributed by atoms with Gasteiger partial charge in [0.25, 0.3) is 5.91 Å². The summed E-state index contributed by atoms with van der Waals surface area (Å²) in [6, 6.07) is 0. The van der Waals surface area contributed by atoms with Gasteiger partial charge in [-0.05, 0) is 47.2 Å². The van der Waals surface area contributed by atoms with Crippen molar-refractivity contribution >= 4 is 33.6 Å². The Morgan fingerprint density at radius 1 is 1.63 bits per heavy atom. The number of rotatable bonds is 4. The lowest BCUT2D eigenvalue weighted by Gasteiger charge is -2.36. The number of thioether (sulfide) groups is 1. The van der Waals surface area contributed by atoms with Crippen LogP contribution in [0.5, 0.6) is 0 Å². The third-order valence-corrected chi connectivity index (χ3v) is 5.11. The van der Waals surface area contributed by atoms with Crippen LogP contribution in [0.25, 0.3) is 0 Å². The first-order valence-electron chi connectivity index (χ1n) is 6.34. The lowest BCUT2D eigenvalue weighted by Crippen LogP contribution is -2.53. The highest BCUT2D eigenvalue weighted by atomic mass is 79.9. The zero-order valence-electron chi connectivity index (χ0n) is 10.9. The molecule has 0 atom stereocenters. The standard InChI is InChI=1S/C12H18BrN3O2S/c1-2-16-9(7-14-11(16)13)10(18)15-12(8-17)3-5-19-6-4-12/h7,17H,2-6,8H2,1H3,(H,15,18). The first-order chi connectivity index (χ1) is 9.12. The summed E-state index contributed by atoms with van der Waals surface area (Å²) in [6.45, 7) is 2.62. The fraction of sp³-hybridized carbons (Fsp3) is 0.667. The summed E-state index contributed by atoms with van der Waals surface area (Å²) < 4.78 is 2.45. The number of hydrogen-bond acceptors (Lipinski definition) is 4. The minimum absolute atomic E-state index is 0.0132. The average molecular weight is 348 g/mol. The zero-order valence-corrected chi connectivity index (χ0v) is 13.3. The molecule has 1 aliphatic heterocycles. The SMILES string of the molecule is CCn1c(C(=O)NC2(CO)CCSCC2)cnc1Br. The van der Waals surface area contributed by atoms with E-state index in [9.17, 15) is 9.90 Å². The van der Waals surface area contributed by atoms with E-state index in [0.29, 0.717) is 17.0 Å². The van der Waals surface area contributed by atoms with Gasteiger partial charge in [-0.25, -0.2) is 4.98 Å². The lowest BCUT2D eigenvalue weighted by atomic mass is 9.93. The van der Waals surface area contributed by atoms with E-state index in [2.05, 4.69) is 26.2 Å². The number of nitrogens with one attached hydrogen (secondary N) is 1. The summed E-state index contributed by atoms with van der Waals surface area (Å²) in [5.41, 5.74) is 0.0536. The number of aliphatic hydroxyl groups excluding tert-OH is 1. The van der Waals surface area contributed by atoms with Crippen molar-refractivity contribution in [3.8, 4) is 0 Å². The number of imidazole rings is 1. The van der Waals surface area contributed by atoms with Crippen molar-refractivity contribution in [3.05, 3.63) is 16.6 Å². The molecule has 0 unspecified atom stereocenters. The normalized spacial score (nSPS) is 18.3. The van der Waals surface area contributed by atoms with Crippen molar-refractivity contribution in [2.75, 3.05) is 18.1 Å². The van der Waals surface area contributed by atoms with Crippen LogP contribution in [0.1, 0.15) is 30.3 Å². The molecule has 5 nitrogen and oxygen atoms in total. The molecular formula is C12H18BrN3O2S. The van der Waals surface area contributed by atoms with E-state index in [1.165, 1.54) is 0 Å². The predicted molar refractivity (Wildman–Crippen MR) is 79.4 cm³/mol. The van der Waals surface area contributed by atoms with Gasteiger partial charge in [-0.3, -0.25) is 4.79 Å². The van der Waals surface area contributed by atoms with Gasteiger partial charge in [0.05, 0.1) is 18.3 Å². The van der Waals surface area contributed by atoms with Crippen molar-refractivity contribution in [3.63, 3.8) is 0 Å². The van der Waals surface area contributed by atoms with Crippen LogP contribution in [0.3, 0.4) is 0 Å². The number of nitrogens with zero attached hydrogens (tertiary/aromatic N) is 2. The van der Waals surface area contributed by atoms with E-state index in [1.54, 1.807) is 10.8 Å². The molecule has 0 saturated carbocycles. The fourth-order valence-electron chi connectivity index (χ4n) is 2.22. The van der Waals surface area contributed by atoms with E-state index < -0.39 is 5.54 Å². The number of carbonyl (C=O) groups excluding carboxylic acids is 1. The zero-order chi connectivity index (χ0) is 13.9. The molecule has 7 heteroatoms. The average Bonchev–Trinajstić information content (AvgIpc) is 2.81. The number of hydrogen-bond donors (Lipinski definition) is 2. The number of carbonyl (C=O) groups is 1. The third-order valence-electron chi connectivity index (χ3n) is 3.49. The molecule has 1 aliphatic rings. The van der Waals surface area contributed by atoms with Crippen LogP contribution < -0.4 is 5.32 Å². The van der Waals surface area contributed by atoms with Gasteiger partial charge in [0.15, 0.2) is 4.73 Å². The highest BCUT2D eigenvalue weighted by Gasteiger charge is 2.34. The Kier molecular flexibility index (Phi) is 4.92. The molecule has 1 saturated heterocycles. The van der Waals surface area contributed by atoms with Crippen LogP contribution in [0.4, 0.5) is 0 Å². The van der Waals surface area contributed by atoms with Gasteiger partial charge in [0.2, 0.25) is 0 Å². The topological polar surface area (TPSA) is 67.2 Å². The highest BCUT2D eigenvalue weighted by molar-refractivity contribution is 9.10. The smallest absolute Gasteiger partial charge is 0.270 e. The van der Waals surface area contributed by atoms with E-state index in [0.717, 1.165) is 24.3 Å². The quantitative estimate of drug-likeness (QED) is 0.868. The van der Waals surface area contributed by atoms with Crippen molar-refractivity contribution in [1.29, 1.82) is 0 Å². The maximum Gasteiger partial charge on any atom is 0.270 e. The van der Waals surface area contributed by atoms with Crippen LogP contribution in [0.15, 0.2) is 10.9 Å². The van der Waals surface area contributed by atoms with Gasteiger partial charge in [0, 0.05) is 6.54 Å². The van der Waals surface area contributed by atoms with Crippen LogP contribution in [-0.2, 0) is 6.54 Å². The molecule has 2 heterocycles. The Hall–Kier alpha value is -0.530. The van der Waals surface area contributed by atoms with Gasteiger partial charge >= 0.3 is 0 Å². The summed E-state index contributed by atoms with van der Waals surface area (Å²) in [5.74, 6) is 1.77. The van der Waals surface area contributed by atoms with E-state index in [4.69, 9.17) is 0 Å². The van der Waals surface area contributed by atoms with Crippen molar-refractivity contribution in [1.82, 2.24) is 14.9 Å². The molecule has 1 aromatic heterocycles. The van der Waals surface area contributed by atoms with Gasteiger partial charge in [-0.2, -0.15) is 11.8 Å². The predicted octanol–water partition coefficient (Wildman–Crippen LogP) is 1.65. The second-order valence-corrected chi connectivity index (χ2v) is 6.60. The molecule has 1 amide bonds. The maximum absolute atomic E-state index is 12.4. The summed E-state index contributed by atoms with van der Waals surface area (Å²) in [6.07, 6.45) is 3.17. The van der Waals surface area contributed by atoms with Gasteiger partial charge in [-0.15, -0.1) is 0 Å². The Morgan fingerprint density at radius 2 is 2.32 bits per heavy atom. The van der Waals surface area contributed by atoms with Crippen LogP contribution in [0, 0.1) is 0 Å². The Balaban J connectivity index is 2.15. The number of halogens is 1. The lowest BCUT2D eigenvalue weighted by molar-refractivity contribution is 0.0808. The van der Waals surface area contributed by atoms with Crippen LogP contribution >= 0.6 is 27.7 Å². The second-order valence-electron chi connectivity index (χ2n) is 4.66. The van der Waals surface area contributed by atoms with Crippen molar-refractivity contribution in [2.45, 2.75) is 31.8 Å². The molecule has 0 aliphatic carbocycles. The molecule has 0 aromatic carbocycles. The van der Waals surface area contributed by atoms with E-state index in [1.807, 2.05) is 18.7 Å². The fourth-order valence-corrected chi connectivity index (χ4v) is 4.04. The molecule has 2 N–H and O–H groups in total. The summed E-state index contributed by atoms with van der Waals surface area (Å²) in [7, 11) is 0. The molecule has 19 heavy (non-hydrogen) atoms. The highest BCUT2D eigenvalue weighted by Crippen LogP contribution is 2.27. The first-order valence-corrected chi connectivity index (χ1v) is 8.29. The van der Waals surface area contributed by atoms with Gasteiger partial charge in [-0.1, -0.05) is 0 Å². The molecule has 0 radical (unpaired) electrons. The first kappa shape index (κ1) is 14.9. The number of aromatic nitrogens is 2. The van der Waals surface area contributed by atoms with E-state index >= 15 is 0 Å². The minimum Gasteiger partial charge on any atom is -0.394 e. The largest absolute Gasteiger partial charge is 0.394 e. The Labute approximate surface area is 125 Å². The molecule has 106 valence electrons. The summed E-state index contributed by atoms with van der Waals surface area (Å²) >= 11 is 5.18. The molecule has 1 aromatic rings. The van der Waals surface area contributed by atoms with Crippen LogP contribution in [-0.4, -0.2) is 44.2 Å². The summed E-state index contributed by atoms with van der Waals surface area (Å²) in [4.78, 5) is 16.5. The molecule has 2 rings (SSSR count). The second kappa shape index (κ2) is 6.28. The van der Waals surface area contributed by atoms with Gasteiger partial charge in [0.1, 0.15) is 5.69 Å². The van der Waals surface area contributed by atoms with Crippen LogP contribution in [0.2, 0.25) is 0 Å². The third kappa shape index (κ3) is 3.14. The Bertz CT molecular complexity index is 458. The Morgan fingerprint density at radius 3 is 2.89 bits per heavy atom. The number of amides is 1. The number of aliphatic hydroxyl groups is 1. The maximum atomic E-state index is 12.4.